The van der Waals surface area contributed by atoms with Crippen molar-refractivity contribution in [3.8, 4) is 0 Å². The van der Waals surface area contributed by atoms with Gasteiger partial charge in [-0.25, -0.2) is 9.59 Å². The van der Waals surface area contributed by atoms with Crippen LogP contribution >= 0.6 is 0 Å². The molecule has 0 aliphatic carbocycles. The van der Waals surface area contributed by atoms with E-state index < -0.39 is 36.4 Å². The van der Waals surface area contributed by atoms with Crippen LogP contribution < -0.4 is 0 Å². The fourth-order valence-electron chi connectivity index (χ4n) is 1.62. The highest BCUT2D eigenvalue weighted by Gasteiger charge is 2.41. The Morgan fingerprint density at radius 2 is 1.67 bits per heavy atom. The molecule has 1 amide bonds. The fraction of sp³-hybridized carbons (Fsp3) is 0.846. The molecule has 0 bridgehead atoms. The number of carbonyl (C=O) groups is 2. The maximum absolute atomic E-state index is 12.6. The number of nitrogens with zero attached hydrogens (tertiary/aromatic N) is 1. The fourth-order valence-corrected chi connectivity index (χ4v) is 1.62. The molecule has 1 atom stereocenters. The van der Waals surface area contributed by atoms with Crippen LogP contribution in [0.15, 0.2) is 0 Å². The van der Waals surface area contributed by atoms with Crippen LogP contribution in [0, 0.1) is 5.92 Å². The van der Waals surface area contributed by atoms with Crippen LogP contribution in [0.4, 0.5) is 18.0 Å². The van der Waals surface area contributed by atoms with E-state index in [1.54, 1.807) is 13.8 Å². The van der Waals surface area contributed by atoms with E-state index in [1.165, 1.54) is 20.8 Å². The second-order valence-corrected chi connectivity index (χ2v) is 6.21. The summed E-state index contributed by atoms with van der Waals surface area (Å²) in [5.41, 5.74) is -1.01. The van der Waals surface area contributed by atoms with Gasteiger partial charge in [-0.3, -0.25) is 4.90 Å². The van der Waals surface area contributed by atoms with Gasteiger partial charge in [0.15, 0.2) is 0 Å². The topological polar surface area (TPSA) is 66.8 Å². The van der Waals surface area contributed by atoms with Crippen molar-refractivity contribution < 1.29 is 32.6 Å². The van der Waals surface area contributed by atoms with Gasteiger partial charge in [0.2, 0.25) is 0 Å². The Kier molecular flexibility index (Phi) is 6.51. The van der Waals surface area contributed by atoms with Crippen molar-refractivity contribution in [2.45, 2.75) is 58.9 Å². The number of halogens is 3. The van der Waals surface area contributed by atoms with Crippen molar-refractivity contribution in [1.82, 2.24) is 4.90 Å². The molecule has 0 unspecified atom stereocenters. The molecule has 0 saturated heterocycles. The third kappa shape index (κ3) is 8.41. The van der Waals surface area contributed by atoms with E-state index in [9.17, 15) is 22.8 Å². The molecule has 21 heavy (non-hydrogen) atoms. The highest BCUT2D eigenvalue weighted by molar-refractivity contribution is 5.80. The number of hydrogen-bond donors (Lipinski definition) is 1. The number of alkyl halides is 3. The van der Waals surface area contributed by atoms with Gasteiger partial charge in [-0.05, 0) is 33.1 Å². The van der Waals surface area contributed by atoms with Gasteiger partial charge >= 0.3 is 18.2 Å². The first kappa shape index (κ1) is 19.5. The summed E-state index contributed by atoms with van der Waals surface area (Å²) in [6.07, 6.45) is -6.08. The van der Waals surface area contributed by atoms with Crippen molar-refractivity contribution in [1.29, 1.82) is 0 Å². The summed E-state index contributed by atoms with van der Waals surface area (Å²) in [5.74, 6) is -1.68. The summed E-state index contributed by atoms with van der Waals surface area (Å²) in [6, 6.07) is -1.58. The maximum Gasteiger partial charge on any atom is 0.411 e. The lowest BCUT2D eigenvalue weighted by atomic mass is 10.0. The Morgan fingerprint density at radius 3 is 1.95 bits per heavy atom. The summed E-state index contributed by atoms with van der Waals surface area (Å²) in [4.78, 5) is 23.3. The number of hydrogen-bond acceptors (Lipinski definition) is 3. The second-order valence-electron chi connectivity index (χ2n) is 6.21. The maximum atomic E-state index is 12.6. The monoisotopic (exact) mass is 313 g/mol. The van der Waals surface area contributed by atoms with Crippen molar-refractivity contribution in [2.24, 2.45) is 5.92 Å². The summed E-state index contributed by atoms with van der Waals surface area (Å²) >= 11 is 0. The van der Waals surface area contributed by atoms with Gasteiger partial charge in [0.1, 0.15) is 18.2 Å². The molecule has 0 aliphatic rings. The summed E-state index contributed by atoms with van der Waals surface area (Å²) in [6.45, 7) is 6.15. The SMILES string of the molecule is CC(C)C[C@@H](C(=O)O)N(CC(F)(F)F)C(=O)OC(C)(C)C. The zero-order valence-electron chi connectivity index (χ0n) is 12.8. The number of carbonyl (C=O) groups excluding carboxylic acids is 1. The molecule has 0 aromatic heterocycles. The Labute approximate surface area is 122 Å². The van der Waals surface area contributed by atoms with Crippen LogP contribution in [-0.2, 0) is 9.53 Å². The molecule has 124 valence electrons. The van der Waals surface area contributed by atoms with Gasteiger partial charge in [-0.2, -0.15) is 13.2 Å². The first-order valence-electron chi connectivity index (χ1n) is 6.52. The van der Waals surface area contributed by atoms with Crippen LogP contribution in [0.5, 0.6) is 0 Å². The molecular formula is C13H22F3NO4. The lowest BCUT2D eigenvalue weighted by molar-refractivity contribution is -0.160. The number of rotatable bonds is 5. The molecule has 0 aliphatic heterocycles. The number of carboxylic acids is 1. The Bertz CT molecular complexity index is 375. The summed E-state index contributed by atoms with van der Waals surface area (Å²) in [5, 5.41) is 9.12. The van der Waals surface area contributed by atoms with Crippen LogP contribution in [0.2, 0.25) is 0 Å². The number of carboxylic acid groups (broad SMARTS) is 1. The first-order chi connectivity index (χ1) is 9.23. The highest BCUT2D eigenvalue weighted by Crippen LogP contribution is 2.23. The standard InChI is InChI=1S/C13H22F3NO4/c1-8(2)6-9(10(18)19)17(7-13(14,15)16)11(20)21-12(3,4)5/h8-9H,6-7H2,1-5H3,(H,18,19)/t9-/m0/s1. The van der Waals surface area contributed by atoms with Crippen molar-refractivity contribution in [3.63, 3.8) is 0 Å². The summed E-state index contributed by atoms with van der Waals surface area (Å²) < 4.78 is 42.7. The number of amides is 1. The lowest BCUT2D eigenvalue weighted by Gasteiger charge is -2.32. The molecule has 0 rings (SSSR count). The van der Waals surface area contributed by atoms with Crippen molar-refractivity contribution in [3.05, 3.63) is 0 Å². The summed E-state index contributed by atoms with van der Waals surface area (Å²) in [7, 11) is 0. The molecule has 5 nitrogen and oxygen atoms in total. The average molecular weight is 313 g/mol. The normalized spacial score (nSPS) is 14.0. The second kappa shape index (κ2) is 7.00. The third-order valence-corrected chi connectivity index (χ3v) is 2.33. The van der Waals surface area contributed by atoms with E-state index in [0.29, 0.717) is 0 Å². The van der Waals surface area contributed by atoms with Crippen LogP contribution in [-0.4, -0.2) is 46.4 Å². The zero-order chi connectivity index (χ0) is 17.0. The molecule has 0 radical (unpaired) electrons. The molecule has 0 aromatic carbocycles. The molecule has 0 aromatic rings. The lowest BCUT2D eigenvalue weighted by Crippen LogP contribution is -2.51. The van der Waals surface area contributed by atoms with E-state index >= 15 is 0 Å². The predicted molar refractivity (Wildman–Crippen MR) is 69.9 cm³/mol. The minimum atomic E-state index is -4.71. The molecule has 0 saturated carbocycles. The highest BCUT2D eigenvalue weighted by atomic mass is 19.4. The van der Waals surface area contributed by atoms with Gasteiger partial charge < -0.3 is 9.84 Å². The van der Waals surface area contributed by atoms with Gasteiger partial charge in [0, 0.05) is 0 Å². The van der Waals surface area contributed by atoms with E-state index in [-0.39, 0.29) is 17.2 Å². The van der Waals surface area contributed by atoms with Gasteiger partial charge in [-0.1, -0.05) is 13.8 Å². The number of aliphatic carboxylic acids is 1. The van der Waals surface area contributed by atoms with Gasteiger partial charge in [-0.15, -0.1) is 0 Å². The van der Waals surface area contributed by atoms with Crippen LogP contribution in [0.25, 0.3) is 0 Å². The average Bonchev–Trinajstić information content (AvgIpc) is 2.18. The van der Waals surface area contributed by atoms with Gasteiger partial charge in [0.05, 0.1) is 0 Å². The van der Waals surface area contributed by atoms with Crippen molar-refractivity contribution >= 4 is 12.1 Å². The van der Waals surface area contributed by atoms with Crippen molar-refractivity contribution in [2.75, 3.05) is 6.54 Å². The molecule has 0 fully saturated rings. The molecule has 0 heterocycles. The minimum Gasteiger partial charge on any atom is -0.480 e. The smallest absolute Gasteiger partial charge is 0.411 e. The van der Waals surface area contributed by atoms with E-state index in [1.807, 2.05) is 0 Å². The quantitative estimate of drug-likeness (QED) is 0.846. The Morgan fingerprint density at radius 1 is 1.19 bits per heavy atom. The predicted octanol–water partition coefficient (Wildman–Crippen LogP) is 3.29. The largest absolute Gasteiger partial charge is 0.480 e. The minimum absolute atomic E-state index is 0.0926. The van der Waals surface area contributed by atoms with Gasteiger partial charge in [0.25, 0.3) is 0 Å². The molecule has 8 heteroatoms. The Balaban J connectivity index is 5.36. The first-order valence-corrected chi connectivity index (χ1v) is 6.52. The van der Waals surface area contributed by atoms with Crippen LogP contribution in [0.3, 0.4) is 0 Å². The Hall–Kier alpha value is -1.47. The molecular weight excluding hydrogens is 291 g/mol. The number of ether oxygens (including phenoxy) is 1. The van der Waals surface area contributed by atoms with Crippen LogP contribution in [0.1, 0.15) is 41.0 Å². The van der Waals surface area contributed by atoms with E-state index in [2.05, 4.69) is 0 Å². The van der Waals surface area contributed by atoms with E-state index in [0.717, 1.165) is 0 Å². The molecule has 0 spiro atoms. The third-order valence-electron chi connectivity index (χ3n) is 2.33. The zero-order valence-corrected chi connectivity index (χ0v) is 12.8. The molecule has 1 N–H and O–H groups in total. The van der Waals surface area contributed by atoms with E-state index in [4.69, 9.17) is 9.84 Å².